The van der Waals surface area contributed by atoms with Crippen LogP contribution < -0.4 is 31.3 Å². The Hall–Kier alpha value is -4.43. The third kappa shape index (κ3) is 4.12. The molecule has 4 atom stereocenters. The number of ether oxygens (including phenoxy) is 1. The van der Waals surface area contributed by atoms with Gasteiger partial charge in [0.25, 0.3) is 11.8 Å². The van der Waals surface area contributed by atoms with Gasteiger partial charge >= 0.3 is 0 Å². The number of aryl methyl sites for hydroxylation is 1. The van der Waals surface area contributed by atoms with E-state index in [0.29, 0.717) is 12.4 Å². The topological polar surface area (TPSA) is 208 Å². The summed E-state index contributed by atoms with van der Waals surface area (Å²) in [4.78, 5) is 31.8. The lowest BCUT2D eigenvalue weighted by molar-refractivity contribution is -0.232. The molecule has 0 aliphatic carbocycles. The first kappa shape index (κ1) is 27.7. The Kier molecular flexibility index (Phi) is 6.31. The number of carbonyl (C=O) groups excluding carboxylic acids is 2. The molecule has 1 aromatic heterocycles. The molecule has 4 aliphatic heterocycles. The molecule has 4 aliphatic rings. The second-order valence-electron chi connectivity index (χ2n) is 11.9. The van der Waals surface area contributed by atoms with E-state index in [1.807, 2.05) is 13.0 Å². The van der Waals surface area contributed by atoms with Crippen LogP contribution in [-0.4, -0.2) is 93.1 Å². The van der Waals surface area contributed by atoms with Crippen LogP contribution in [0.3, 0.4) is 0 Å². The molecule has 9 N–H and O–H groups in total. The van der Waals surface area contributed by atoms with E-state index in [1.54, 1.807) is 24.3 Å². The SMILES string of the molecule is Cc1ccnc(C(=O)NC[C@@H]2NC(=N)N3C[C@H](NC(=O)c4cccc5c4OCCC5(C)C)C(O)(O)[C@@]34NC(=N)N[C@@H]24)c1. The fraction of sp³-hybridized carbons (Fsp3) is 0.464. The average molecular weight is 578 g/mol. The van der Waals surface area contributed by atoms with Gasteiger partial charge in [-0.15, -0.1) is 0 Å². The van der Waals surface area contributed by atoms with Crippen LogP contribution in [0.1, 0.15) is 52.2 Å². The Morgan fingerprint density at radius 3 is 2.74 bits per heavy atom. The second-order valence-corrected chi connectivity index (χ2v) is 11.9. The molecular weight excluding hydrogens is 542 g/mol. The first-order valence-electron chi connectivity index (χ1n) is 13.8. The minimum absolute atomic E-state index is 0.0184. The number of carbonyl (C=O) groups is 2. The van der Waals surface area contributed by atoms with Crippen LogP contribution in [0.25, 0.3) is 0 Å². The summed E-state index contributed by atoms with van der Waals surface area (Å²) in [6.07, 6.45) is 2.33. The van der Waals surface area contributed by atoms with E-state index in [4.69, 9.17) is 15.6 Å². The summed E-state index contributed by atoms with van der Waals surface area (Å²) in [5, 5.41) is 54.7. The molecule has 14 nitrogen and oxygen atoms in total. The second kappa shape index (κ2) is 9.56. The summed E-state index contributed by atoms with van der Waals surface area (Å²) < 4.78 is 5.89. The maximum atomic E-state index is 13.6. The fourth-order valence-electron chi connectivity index (χ4n) is 6.49. The maximum absolute atomic E-state index is 13.6. The number of rotatable bonds is 5. The van der Waals surface area contributed by atoms with Crippen LogP contribution >= 0.6 is 0 Å². The summed E-state index contributed by atoms with van der Waals surface area (Å²) in [7, 11) is 0. The van der Waals surface area contributed by atoms with Crippen LogP contribution in [-0.2, 0) is 5.41 Å². The van der Waals surface area contributed by atoms with E-state index < -0.39 is 41.4 Å². The van der Waals surface area contributed by atoms with E-state index in [-0.39, 0.29) is 41.7 Å². The smallest absolute Gasteiger partial charge is 0.269 e. The predicted molar refractivity (Wildman–Crippen MR) is 151 cm³/mol. The molecule has 3 saturated heterocycles. The highest BCUT2D eigenvalue weighted by Gasteiger charge is 2.74. The largest absolute Gasteiger partial charge is 0.492 e. The van der Waals surface area contributed by atoms with Crippen LogP contribution in [0, 0.1) is 17.7 Å². The number of pyridine rings is 1. The maximum Gasteiger partial charge on any atom is 0.269 e. The van der Waals surface area contributed by atoms with Crippen LogP contribution in [0.15, 0.2) is 36.5 Å². The third-order valence-corrected chi connectivity index (χ3v) is 8.80. The quantitative estimate of drug-likeness (QED) is 0.200. The Bertz CT molecular complexity index is 1490. The average Bonchev–Trinajstić information content (AvgIpc) is 3.40. The summed E-state index contributed by atoms with van der Waals surface area (Å²) >= 11 is 0. The molecule has 1 aromatic carbocycles. The van der Waals surface area contributed by atoms with Gasteiger partial charge in [-0.3, -0.25) is 25.4 Å². The van der Waals surface area contributed by atoms with E-state index in [9.17, 15) is 19.8 Å². The monoisotopic (exact) mass is 577 g/mol. The van der Waals surface area contributed by atoms with E-state index in [0.717, 1.165) is 17.5 Å². The highest BCUT2D eigenvalue weighted by molar-refractivity contribution is 5.98. The zero-order valence-electron chi connectivity index (χ0n) is 23.5. The number of benzene rings is 1. The minimum atomic E-state index is -2.65. The predicted octanol–water partition coefficient (Wildman–Crippen LogP) is -0.926. The van der Waals surface area contributed by atoms with Gasteiger partial charge < -0.3 is 46.4 Å². The normalized spacial score (nSPS) is 28.2. The van der Waals surface area contributed by atoms with Crippen molar-refractivity contribution < 1.29 is 24.5 Å². The first-order chi connectivity index (χ1) is 19.8. The van der Waals surface area contributed by atoms with Gasteiger partial charge in [0.05, 0.1) is 24.3 Å². The zero-order valence-corrected chi connectivity index (χ0v) is 23.5. The van der Waals surface area contributed by atoms with Crippen molar-refractivity contribution in [2.45, 2.75) is 62.2 Å². The Morgan fingerprint density at radius 2 is 1.98 bits per heavy atom. The number of fused-ring (bicyclic) bond motifs is 1. The summed E-state index contributed by atoms with van der Waals surface area (Å²) in [6, 6.07) is 5.87. The molecule has 0 unspecified atom stereocenters. The van der Waals surface area contributed by atoms with Crippen molar-refractivity contribution in [3.63, 3.8) is 0 Å². The van der Waals surface area contributed by atoms with E-state index in [2.05, 4.69) is 45.4 Å². The number of nitrogens with one attached hydrogen (secondary N) is 7. The third-order valence-electron chi connectivity index (χ3n) is 8.80. The summed E-state index contributed by atoms with van der Waals surface area (Å²) in [6.45, 7) is 6.30. The minimum Gasteiger partial charge on any atom is -0.492 e. The first-order valence-corrected chi connectivity index (χ1v) is 13.8. The van der Waals surface area contributed by atoms with Crippen molar-refractivity contribution in [1.82, 2.24) is 36.5 Å². The summed E-state index contributed by atoms with van der Waals surface area (Å²) in [5.41, 5.74) is 0.278. The van der Waals surface area contributed by atoms with Gasteiger partial charge in [0, 0.05) is 24.8 Å². The van der Waals surface area contributed by atoms with Gasteiger partial charge in [0.1, 0.15) is 17.5 Å². The molecule has 14 heteroatoms. The van der Waals surface area contributed by atoms with E-state index in [1.165, 1.54) is 11.1 Å². The fourth-order valence-corrected chi connectivity index (χ4v) is 6.49. The molecule has 1 spiro atoms. The molecule has 0 saturated carbocycles. The number of aliphatic hydroxyl groups is 2. The Balaban J connectivity index is 1.26. The van der Waals surface area contributed by atoms with Crippen molar-refractivity contribution in [2.75, 3.05) is 19.7 Å². The molecule has 222 valence electrons. The van der Waals surface area contributed by atoms with E-state index >= 15 is 0 Å². The van der Waals surface area contributed by atoms with Crippen molar-refractivity contribution in [3.05, 3.63) is 58.9 Å². The molecule has 3 fully saturated rings. The molecule has 2 amide bonds. The lowest BCUT2D eigenvalue weighted by atomic mass is 9.79. The number of para-hydroxylation sites is 1. The zero-order chi connectivity index (χ0) is 30.0. The number of amides is 2. The molecular formula is C28H35N9O5. The highest BCUT2D eigenvalue weighted by Crippen LogP contribution is 2.44. The molecule has 6 rings (SSSR count). The van der Waals surface area contributed by atoms with Gasteiger partial charge in [0.15, 0.2) is 17.6 Å². The van der Waals surface area contributed by atoms with Crippen LogP contribution in [0.4, 0.5) is 0 Å². The highest BCUT2D eigenvalue weighted by atomic mass is 16.5. The van der Waals surface area contributed by atoms with Crippen molar-refractivity contribution in [1.29, 1.82) is 10.8 Å². The molecule has 0 radical (unpaired) electrons. The van der Waals surface area contributed by atoms with Crippen LogP contribution in [0.2, 0.25) is 0 Å². The molecule has 2 aromatic rings. The standard InChI is InChI=1S/C28H35N9O5/c1-14-7-9-31-17(11-14)23(39)32-12-18-21-27(36-24(29)35-21)28(40,41)19(13-37(27)25(30)33-18)34-22(38)15-5-4-6-16-20(15)42-10-8-26(16,2)3/h4-7,9,11,18-19,21,40-41H,8,10,12-13H2,1-3H3,(H2,30,33)(H,32,39)(H,34,38)(H3,29,35,36)/t18-,19-,21-,27-/m0/s1. The molecule has 0 bridgehead atoms. The summed E-state index contributed by atoms with van der Waals surface area (Å²) in [5.74, 6) is -3.51. The number of nitrogens with zero attached hydrogens (tertiary/aromatic N) is 2. The van der Waals surface area contributed by atoms with Gasteiger partial charge in [-0.1, -0.05) is 26.0 Å². The molecule has 42 heavy (non-hydrogen) atoms. The Morgan fingerprint density at radius 1 is 1.19 bits per heavy atom. The van der Waals surface area contributed by atoms with Gasteiger partial charge in [0.2, 0.25) is 5.79 Å². The number of aromatic nitrogens is 1. The Labute approximate surface area is 242 Å². The van der Waals surface area contributed by atoms with Gasteiger partial charge in [-0.25, -0.2) is 0 Å². The lowest BCUT2D eigenvalue weighted by Crippen LogP contribution is -2.81. The van der Waals surface area contributed by atoms with Crippen molar-refractivity contribution in [3.8, 4) is 5.75 Å². The lowest BCUT2D eigenvalue weighted by Gasteiger charge is -2.51. The van der Waals surface area contributed by atoms with Gasteiger partial charge in [-0.2, -0.15) is 0 Å². The van der Waals surface area contributed by atoms with Crippen LogP contribution in [0.5, 0.6) is 5.75 Å². The van der Waals surface area contributed by atoms with Crippen molar-refractivity contribution in [2.24, 2.45) is 0 Å². The van der Waals surface area contributed by atoms with Gasteiger partial charge in [-0.05, 0) is 42.5 Å². The number of guanidine groups is 2. The molecule has 5 heterocycles. The van der Waals surface area contributed by atoms with Crippen molar-refractivity contribution >= 4 is 23.7 Å². The number of hydrogen-bond acceptors (Lipinski definition) is 8. The number of hydrogen-bond donors (Lipinski definition) is 9.